The molecule has 1 rings (SSSR count). The van der Waals surface area contributed by atoms with E-state index in [4.69, 9.17) is 4.74 Å². The maximum atomic E-state index is 11.3. The van der Waals surface area contributed by atoms with Gasteiger partial charge >= 0.3 is 0 Å². The predicted molar refractivity (Wildman–Crippen MR) is 57.2 cm³/mol. The molecule has 0 aromatic heterocycles. The summed E-state index contributed by atoms with van der Waals surface area (Å²) in [6.45, 7) is 6.28. The van der Waals surface area contributed by atoms with Crippen molar-refractivity contribution < 1.29 is 9.53 Å². The minimum absolute atomic E-state index is 0.0364. The second-order valence-electron chi connectivity index (χ2n) is 5.06. The van der Waals surface area contributed by atoms with Crippen LogP contribution in [0.25, 0.3) is 0 Å². The predicted octanol–water partition coefficient (Wildman–Crippen LogP) is 2.81. The number of hydrogen-bond donors (Lipinski definition) is 0. The number of ether oxygens (including phenoxy) is 1. The van der Waals surface area contributed by atoms with E-state index < -0.39 is 0 Å². The zero-order valence-corrected chi connectivity index (χ0v) is 9.80. The lowest BCUT2D eigenvalue weighted by molar-refractivity contribution is -0.120. The summed E-state index contributed by atoms with van der Waals surface area (Å²) in [6.07, 6.45) is 4.04. The third-order valence-corrected chi connectivity index (χ3v) is 3.65. The number of ketones is 1. The molecule has 0 aromatic rings. The fraction of sp³-hybridized carbons (Fsp3) is 0.917. The van der Waals surface area contributed by atoms with Gasteiger partial charge in [-0.15, -0.1) is 0 Å². The van der Waals surface area contributed by atoms with Gasteiger partial charge in [-0.3, -0.25) is 4.79 Å². The molecule has 2 nitrogen and oxygen atoms in total. The molecule has 2 unspecified atom stereocenters. The van der Waals surface area contributed by atoms with Crippen molar-refractivity contribution in [2.24, 2.45) is 11.8 Å². The molecule has 82 valence electrons. The van der Waals surface area contributed by atoms with Crippen LogP contribution in [-0.4, -0.2) is 18.5 Å². The Hall–Kier alpha value is -0.370. The highest BCUT2D eigenvalue weighted by molar-refractivity contribution is 5.82. The van der Waals surface area contributed by atoms with Gasteiger partial charge in [0.2, 0.25) is 0 Å². The Morgan fingerprint density at radius 3 is 2.57 bits per heavy atom. The van der Waals surface area contributed by atoms with E-state index in [1.54, 1.807) is 7.11 Å². The maximum absolute atomic E-state index is 11.3. The molecule has 0 bridgehead atoms. The van der Waals surface area contributed by atoms with E-state index in [0.717, 1.165) is 25.7 Å². The number of methoxy groups -OCH3 is 1. The topological polar surface area (TPSA) is 26.3 Å². The van der Waals surface area contributed by atoms with Crippen LogP contribution in [0.3, 0.4) is 0 Å². The van der Waals surface area contributed by atoms with Crippen LogP contribution in [0.2, 0.25) is 0 Å². The summed E-state index contributed by atoms with van der Waals surface area (Å²) >= 11 is 0. The summed E-state index contributed by atoms with van der Waals surface area (Å²) in [4.78, 5) is 11.3. The molecule has 1 aliphatic rings. The molecule has 14 heavy (non-hydrogen) atoms. The lowest BCUT2D eigenvalue weighted by atomic mass is 9.88. The van der Waals surface area contributed by atoms with Crippen molar-refractivity contribution in [1.82, 2.24) is 0 Å². The Morgan fingerprint density at radius 2 is 2.14 bits per heavy atom. The first-order chi connectivity index (χ1) is 6.46. The van der Waals surface area contributed by atoms with Crippen LogP contribution in [0.15, 0.2) is 0 Å². The van der Waals surface area contributed by atoms with E-state index >= 15 is 0 Å². The highest BCUT2D eigenvalue weighted by Crippen LogP contribution is 2.33. The van der Waals surface area contributed by atoms with Gasteiger partial charge < -0.3 is 4.74 Å². The van der Waals surface area contributed by atoms with Crippen LogP contribution in [0.5, 0.6) is 0 Å². The van der Waals surface area contributed by atoms with Crippen LogP contribution in [0.1, 0.15) is 46.5 Å². The summed E-state index contributed by atoms with van der Waals surface area (Å²) in [7, 11) is 1.75. The van der Waals surface area contributed by atoms with Gasteiger partial charge in [0.1, 0.15) is 5.78 Å². The number of hydrogen-bond acceptors (Lipinski definition) is 2. The SMILES string of the molecule is COC(C)(C)CCC1CCC(=O)C1C. The first-order valence-electron chi connectivity index (χ1n) is 5.54. The summed E-state index contributed by atoms with van der Waals surface area (Å²) in [6, 6.07) is 0. The van der Waals surface area contributed by atoms with Gasteiger partial charge in [0.05, 0.1) is 5.60 Å². The van der Waals surface area contributed by atoms with E-state index in [2.05, 4.69) is 20.8 Å². The monoisotopic (exact) mass is 198 g/mol. The van der Waals surface area contributed by atoms with Gasteiger partial charge in [-0.25, -0.2) is 0 Å². The average Bonchev–Trinajstić information content (AvgIpc) is 2.45. The Balaban J connectivity index is 2.36. The Kier molecular flexibility index (Phi) is 3.71. The lowest BCUT2D eigenvalue weighted by Crippen LogP contribution is -2.24. The van der Waals surface area contributed by atoms with Crippen molar-refractivity contribution in [3.8, 4) is 0 Å². The molecule has 0 aliphatic heterocycles. The van der Waals surface area contributed by atoms with Gasteiger partial charge in [0, 0.05) is 19.4 Å². The zero-order chi connectivity index (χ0) is 10.8. The fourth-order valence-electron chi connectivity index (χ4n) is 2.10. The standard InChI is InChI=1S/C12H22O2/c1-9-10(5-6-11(9)13)7-8-12(2,3)14-4/h9-10H,5-8H2,1-4H3. The normalized spacial score (nSPS) is 28.4. The minimum atomic E-state index is -0.0364. The van der Waals surface area contributed by atoms with Crippen LogP contribution < -0.4 is 0 Å². The second kappa shape index (κ2) is 4.43. The summed E-state index contributed by atoms with van der Waals surface area (Å²) in [5, 5.41) is 0. The van der Waals surface area contributed by atoms with Crippen molar-refractivity contribution in [3.63, 3.8) is 0 Å². The minimum Gasteiger partial charge on any atom is -0.379 e. The second-order valence-corrected chi connectivity index (χ2v) is 5.06. The molecule has 2 atom stereocenters. The third kappa shape index (κ3) is 2.81. The lowest BCUT2D eigenvalue weighted by Gasteiger charge is -2.25. The summed E-state index contributed by atoms with van der Waals surface area (Å²) < 4.78 is 5.37. The number of rotatable bonds is 4. The first kappa shape index (κ1) is 11.7. The highest BCUT2D eigenvalue weighted by atomic mass is 16.5. The molecule has 1 saturated carbocycles. The molecule has 1 fully saturated rings. The molecule has 0 radical (unpaired) electrons. The maximum Gasteiger partial charge on any atom is 0.135 e. The average molecular weight is 198 g/mol. The zero-order valence-electron chi connectivity index (χ0n) is 9.80. The van der Waals surface area contributed by atoms with Crippen molar-refractivity contribution in [2.75, 3.05) is 7.11 Å². The van der Waals surface area contributed by atoms with Crippen molar-refractivity contribution >= 4 is 5.78 Å². The molecule has 0 spiro atoms. The molecule has 0 heterocycles. The van der Waals surface area contributed by atoms with Crippen LogP contribution in [-0.2, 0) is 9.53 Å². The Bertz CT molecular complexity index is 208. The van der Waals surface area contributed by atoms with E-state index in [9.17, 15) is 4.79 Å². The van der Waals surface area contributed by atoms with Crippen LogP contribution in [0, 0.1) is 11.8 Å². The fourth-order valence-corrected chi connectivity index (χ4v) is 2.10. The molecule has 0 aromatic carbocycles. The van der Waals surface area contributed by atoms with Crippen molar-refractivity contribution in [1.29, 1.82) is 0 Å². The summed E-state index contributed by atoms with van der Waals surface area (Å²) in [5.74, 6) is 1.32. The van der Waals surface area contributed by atoms with E-state index in [0.29, 0.717) is 11.7 Å². The number of Topliss-reactive ketones (excluding diaryl/α,β-unsaturated/α-hetero) is 1. The molecule has 0 saturated heterocycles. The molecular formula is C12H22O2. The van der Waals surface area contributed by atoms with E-state index in [1.807, 2.05) is 0 Å². The summed E-state index contributed by atoms with van der Waals surface area (Å²) in [5.41, 5.74) is -0.0364. The third-order valence-electron chi connectivity index (χ3n) is 3.65. The first-order valence-corrected chi connectivity index (χ1v) is 5.54. The van der Waals surface area contributed by atoms with Gasteiger partial charge in [0.15, 0.2) is 0 Å². The Morgan fingerprint density at radius 1 is 1.50 bits per heavy atom. The largest absolute Gasteiger partial charge is 0.379 e. The molecule has 0 N–H and O–H groups in total. The van der Waals surface area contributed by atoms with E-state index in [1.165, 1.54) is 0 Å². The smallest absolute Gasteiger partial charge is 0.135 e. The number of carbonyl (C=O) groups excluding carboxylic acids is 1. The van der Waals surface area contributed by atoms with Gasteiger partial charge in [-0.05, 0) is 39.0 Å². The molecular weight excluding hydrogens is 176 g/mol. The van der Waals surface area contributed by atoms with Crippen LogP contribution >= 0.6 is 0 Å². The number of carbonyl (C=O) groups is 1. The molecule has 1 aliphatic carbocycles. The molecule has 2 heteroatoms. The van der Waals surface area contributed by atoms with Crippen LogP contribution in [0.4, 0.5) is 0 Å². The van der Waals surface area contributed by atoms with Crippen molar-refractivity contribution in [3.05, 3.63) is 0 Å². The van der Waals surface area contributed by atoms with Gasteiger partial charge in [-0.2, -0.15) is 0 Å². The Labute approximate surface area is 87.0 Å². The van der Waals surface area contributed by atoms with Gasteiger partial charge in [0.25, 0.3) is 0 Å². The quantitative estimate of drug-likeness (QED) is 0.694. The van der Waals surface area contributed by atoms with Crippen molar-refractivity contribution in [2.45, 2.75) is 52.1 Å². The molecule has 0 amide bonds. The van der Waals surface area contributed by atoms with Gasteiger partial charge in [-0.1, -0.05) is 6.92 Å². The van der Waals surface area contributed by atoms with E-state index in [-0.39, 0.29) is 11.5 Å². The highest BCUT2D eigenvalue weighted by Gasteiger charge is 2.31.